The molecule has 0 aliphatic heterocycles. The molecule has 4 aromatic rings. The summed E-state index contributed by atoms with van der Waals surface area (Å²) in [5.41, 5.74) is 3.56. The minimum absolute atomic E-state index is 0.0860. The summed E-state index contributed by atoms with van der Waals surface area (Å²) in [4.78, 5) is 49.5. The molecule has 1 aromatic heterocycles. The van der Waals surface area contributed by atoms with Gasteiger partial charge in [-0.15, -0.1) is 0 Å². The van der Waals surface area contributed by atoms with Crippen LogP contribution in [-0.2, 0) is 9.47 Å². The first kappa shape index (κ1) is 24.4. The van der Waals surface area contributed by atoms with Crippen molar-refractivity contribution in [2.24, 2.45) is 0 Å². The molecule has 0 fully saturated rings. The Balaban J connectivity index is 1.62. The molecule has 0 aliphatic carbocycles. The van der Waals surface area contributed by atoms with Crippen molar-refractivity contribution in [2.45, 2.75) is 13.8 Å². The van der Waals surface area contributed by atoms with Crippen LogP contribution in [0.15, 0.2) is 69.9 Å². The Morgan fingerprint density at radius 2 is 1.39 bits per heavy atom. The fourth-order valence-corrected chi connectivity index (χ4v) is 3.91. The van der Waals surface area contributed by atoms with Crippen LogP contribution in [0, 0.1) is 13.8 Å². The molecule has 0 radical (unpaired) electrons. The molecular formula is C28H23NO7. The highest BCUT2D eigenvalue weighted by Crippen LogP contribution is 2.26. The normalized spacial score (nSPS) is 10.7. The fourth-order valence-electron chi connectivity index (χ4n) is 3.91. The van der Waals surface area contributed by atoms with Gasteiger partial charge in [-0.2, -0.15) is 0 Å². The standard InChI is InChI=1S/C28H23NO7/c1-15-9-16(2)25-22(10-15)23(30)14-24(36-25)17-5-7-18(8-6-17)26(31)29-21-12-19(27(32)34-3)11-20(13-21)28(33)35-4/h5-14H,1-4H3,(H,29,31). The molecule has 1 amide bonds. The highest BCUT2D eigenvalue weighted by atomic mass is 16.5. The second-order valence-corrected chi connectivity index (χ2v) is 8.25. The summed E-state index contributed by atoms with van der Waals surface area (Å²) in [6.07, 6.45) is 0. The number of anilines is 1. The van der Waals surface area contributed by atoms with Crippen molar-refractivity contribution in [1.82, 2.24) is 0 Å². The molecule has 0 aliphatic rings. The molecular weight excluding hydrogens is 462 g/mol. The summed E-state index contributed by atoms with van der Waals surface area (Å²) in [5, 5.41) is 3.20. The lowest BCUT2D eigenvalue weighted by molar-refractivity contribution is 0.0599. The minimum Gasteiger partial charge on any atom is -0.465 e. The number of hydrogen-bond acceptors (Lipinski definition) is 7. The molecule has 0 spiro atoms. The molecule has 8 heteroatoms. The summed E-state index contributed by atoms with van der Waals surface area (Å²) in [7, 11) is 2.43. The van der Waals surface area contributed by atoms with Gasteiger partial charge >= 0.3 is 11.9 Å². The fraction of sp³-hybridized carbons (Fsp3) is 0.143. The first-order valence-corrected chi connectivity index (χ1v) is 11.0. The number of methoxy groups -OCH3 is 2. The van der Waals surface area contributed by atoms with Crippen LogP contribution < -0.4 is 10.7 Å². The monoisotopic (exact) mass is 485 g/mol. The van der Waals surface area contributed by atoms with E-state index in [-0.39, 0.29) is 22.2 Å². The third kappa shape index (κ3) is 4.88. The third-order valence-corrected chi connectivity index (χ3v) is 5.62. The third-order valence-electron chi connectivity index (χ3n) is 5.62. The summed E-state index contributed by atoms with van der Waals surface area (Å²) < 4.78 is 15.5. The van der Waals surface area contributed by atoms with Gasteiger partial charge in [-0.3, -0.25) is 9.59 Å². The molecule has 0 atom stereocenters. The maximum absolute atomic E-state index is 12.9. The van der Waals surface area contributed by atoms with Gasteiger partial charge in [-0.25, -0.2) is 9.59 Å². The average Bonchev–Trinajstić information content (AvgIpc) is 2.88. The Labute approximate surface area is 206 Å². The number of carbonyl (C=O) groups excluding carboxylic acids is 3. The topological polar surface area (TPSA) is 112 Å². The Bertz CT molecular complexity index is 1530. The highest BCUT2D eigenvalue weighted by molar-refractivity contribution is 6.06. The van der Waals surface area contributed by atoms with E-state index in [0.29, 0.717) is 27.9 Å². The quantitative estimate of drug-likeness (QED) is 0.400. The Hall–Kier alpha value is -4.72. The van der Waals surface area contributed by atoms with Crippen LogP contribution in [0.3, 0.4) is 0 Å². The van der Waals surface area contributed by atoms with Crippen LogP contribution in [0.2, 0.25) is 0 Å². The Kier molecular flexibility index (Phi) is 6.69. The van der Waals surface area contributed by atoms with Crippen LogP contribution in [0.5, 0.6) is 0 Å². The van der Waals surface area contributed by atoms with Gasteiger partial charge in [-0.1, -0.05) is 18.2 Å². The predicted molar refractivity (Wildman–Crippen MR) is 134 cm³/mol. The van der Waals surface area contributed by atoms with Crippen molar-refractivity contribution in [1.29, 1.82) is 0 Å². The lowest BCUT2D eigenvalue weighted by Crippen LogP contribution is -2.14. The number of carbonyl (C=O) groups is 3. The van der Waals surface area contributed by atoms with Crippen molar-refractivity contribution >= 4 is 34.5 Å². The second-order valence-electron chi connectivity index (χ2n) is 8.25. The van der Waals surface area contributed by atoms with Crippen LogP contribution in [0.4, 0.5) is 5.69 Å². The van der Waals surface area contributed by atoms with Crippen molar-refractivity contribution in [2.75, 3.05) is 19.5 Å². The molecule has 0 saturated heterocycles. The lowest BCUT2D eigenvalue weighted by atomic mass is 10.0. The zero-order valence-corrected chi connectivity index (χ0v) is 20.1. The van der Waals surface area contributed by atoms with Gasteiger partial charge in [0.15, 0.2) is 5.43 Å². The second kappa shape index (κ2) is 9.87. The van der Waals surface area contributed by atoms with Crippen LogP contribution in [0.25, 0.3) is 22.3 Å². The average molecular weight is 485 g/mol. The van der Waals surface area contributed by atoms with E-state index in [0.717, 1.165) is 11.1 Å². The molecule has 8 nitrogen and oxygen atoms in total. The van der Waals surface area contributed by atoms with Crippen molar-refractivity contribution in [3.63, 3.8) is 0 Å². The molecule has 1 N–H and O–H groups in total. The highest BCUT2D eigenvalue weighted by Gasteiger charge is 2.16. The lowest BCUT2D eigenvalue weighted by Gasteiger charge is -2.10. The number of amides is 1. The van der Waals surface area contributed by atoms with Crippen molar-refractivity contribution < 1.29 is 28.3 Å². The van der Waals surface area contributed by atoms with Crippen LogP contribution in [0.1, 0.15) is 42.2 Å². The first-order chi connectivity index (χ1) is 17.2. The van der Waals surface area contributed by atoms with Crippen molar-refractivity contribution in [3.8, 4) is 11.3 Å². The maximum atomic E-state index is 12.9. The number of hydrogen-bond donors (Lipinski definition) is 1. The zero-order chi connectivity index (χ0) is 26.0. The summed E-state index contributed by atoms with van der Waals surface area (Å²) in [6, 6.07) is 15.8. The van der Waals surface area contributed by atoms with E-state index < -0.39 is 17.8 Å². The zero-order valence-electron chi connectivity index (χ0n) is 20.1. The Morgan fingerprint density at radius 3 is 1.97 bits per heavy atom. The predicted octanol–water partition coefficient (Wildman–Crippen LogP) is 4.90. The van der Waals surface area contributed by atoms with Gasteiger partial charge in [0.05, 0.1) is 30.7 Å². The first-order valence-electron chi connectivity index (χ1n) is 11.0. The van der Waals surface area contributed by atoms with Gasteiger partial charge in [0, 0.05) is 22.9 Å². The molecule has 0 unspecified atom stereocenters. The molecule has 0 bridgehead atoms. The minimum atomic E-state index is -0.664. The van der Waals surface area contributed by atoms with E-state index in [2.05, 4.69) is 5.32 Å². The van der Waals surface area contributed by atoms with E-state index in [1.54, 1.807) is 30.3 Å². The van der Waals surface area contributed by atoms with Gasteiger partial charge in [-0.05, 0) is 61.4 Å². The van der Waals surface area contributed by atoms with Crippen molar-refractivity contribution in [3.05, 3.63) is 98.7 Å². The smallest absolute Gasteiger partial charge is 0.337 e. The van der Waals surface area contributed by atoms with Gasteiger partial charge < -0.3 is 19.2 Å². The molecule has 36 heavy (non-hydrogen) atoms. The van der Waals surface area contributed by atoms with Gasteiger partial charge in [0.2, 0.25) is 0 Å². The van der Waals surface area contributed by atoms with Gasteiger partial charge in [0.25, 0.3) is 5.91 Å². The SMILES string of the molecule is COC(=O)c1cc(NC(=O)c2ccc(-c3cc(=O)c4cc(C)cc(C)c4o3)cc2)cc(C(=O)OC)c1. The van der Waals surface area contributed by atoms with E-state index in [9.17, 15) is 19.2 Å². The van der Waals surface area contributed by atoms with Gasteiger partial charge in [0.1, 0.15) is 11.3 Å². The van der Waals surface area contributed by atoms with E-state index in [4.69, 9.17) is 13.9 Å². The van der Waals surface area contributed by atoms with E-state index in [1.807, 2.05) is 19.9 Å². The van der Waals surface area contributed by atoms with Crippen LogP contribution in [-0.4, -0.2) is 32.1 Å². The van der Waals surface area contributed by atoms with Crippen LogP contribution >= 0.6 is 0 Å². The van der Waals surface area contributed by atoms with E-state index in [1.165, 1.54) is 38.5 Å². The molecule has 4 rings (SSSR count). The summed E-state index contributed by atoms with van der Waals surface area (Å²) in [6.45, 7) is 3.81. The largest absolute Gasteiger partial charge is 0.465 e. The number of ether oxygens (including phenoxy) is 2. The summed E-state index contributed by atoms with van der Waals surface area (Å²) >= 11 is 0. The number of rotatable bonds is 5. The molecule has 3 aromatic carbocycles. The molecule has 182 valence electrons. The number of nitrogens with one attached hydrogen (secondary N) is 1. The number of benzene rings is 3. The molecule has 1 heterocycles. The Morgan fingerprint density at radius 1 is 0.778 bits per heavy atom. The number of fused-ring (bicyclic) bond motifs is 1. The maximum Gasteiger partial charge on any atom is 0.337 e. The number of aryl methyl sites for hydroxylation is 2. The summed E-state index contributed by atoms with van der Waals surface area (Å²) in [5.74, 6) is -1.41. The number of esters is 2. The van der Waals surface area contributed by atoms with E-state index >= 15 is 0 Å². The molecule has 0 saturated carbocycles.